The lowest BCUT2D eigenvalue weighted by Gasteiger charge is -2.17. The first-order valence-corrected chi connectivity index (χ1v) is 5.54. The zero-order valence-electron chi connectivity index (χ0n) is 9.10. The molecule has 1 rings (SSSR count). The molecule has 0 aliphatic heterocycles. The fraction of sp³-hybridized carbons (Fsp3) is 0.455. The zero-order chi connectivity index (χ0) is 11.5. The van der Waals surface area contributed by atoms with E-state index >= 15 is 0 Å². The van der Waals surface area contributed by atoms with Gasteiger partial charge in [-0.1, -0.05) is 11.9 Å². The molecule has 1 nitrogen and oxygen atoms in total. The van der Waals surface area contributed by atoms with Crippen LogP contribution in [-0.4, -0.2) is 4.75 Å². The van der Waals surface area contributed by atoms with E-state index in [9.17, 15) is 8.78 Å². The first-order chi connectivity index (χ1) is 6.87. The van der Waals surface area contributed by atoms with Gasteiger partial charge in [-0.05, 0) is 38.5 Å². The molecule has 1 aromatic carbocycles. The summed E-state index contributed by atoms with van der Waals surface area (Å²) in [6.45, 7) is 6.65. The minimum Gasteiger partial charge on any atom is -0.259 e. The van der Waals surface area contributed by atoms with Crippen LogP contribution in [0.2, 0.25) is 0 Å². The Balaban J connectivity index is 2.51. The molecule has 84 valence electrons. The molecule has 0 fully saturated rings. The van der Waals surface area contributed by atoms with E-state index in [1.54, 1.807) is 11.9 Å². The maximum Gasteiger partial charge on any atom is 0.126 e. The van der Waals surface area contributed by atoms with Crippen molar-refractivity contribution < 1.29 is 8.78 Å². The van der Waals surface area contributed by atoms with Crippen molar-refractivity contribution in [2.75, 3.05) is 0 Å². The monoisotopic (exact) mass is 231 g/mol. The van der Waals surface area contributed by atoms with E-state index < -0.39 is 11.6 Å². The summed E-state index contributed by atoms with van der Waals surface area (Å²) < 4.78 is 28.8. The topological polar surface area (TPSA) is 12.0 Å². The average molecular weight is 231 g/mol. The molecule has 1 aromatic rings. The Morgan fingerprint density at radius 2 is 1.67 bits per heavy atom. The normalized spacial score (nSPS) is 11.8. The predicted molar refractivity (Wildman–Crippen MR) is 60.5 cm³/mol. The summed E-state index contributed by atoms with van der Waals surface area (Å²) in [7, 11) is 0. The lowest BCUT2D eigenvalue weighted by molar-refractivity contribution is 0.579. The Bertz CT molecular complexity index is 314. The van der Waals surface area contributed by atoms with E-state index in [4.69, 9.17) is 0 Å². The van der Waals surface area contributed by atoms with Crippen molar-refractivity contribution in [3.05, 3.63) is 35.4 Å². The van der Waals surface area contributed by atoms with Gasteiger partial charge >= 0.3 is 0 Å². The molecule has 0 atom stereocenters. The Labute approximate surface area is 93.4 Å². The minimum atomic E-state index is -0.535. The van der Waals surface area contributed by atoms with Crippen LogP contribution in [0.15, 0.2) is 18.2 Å². The first-order valence-electron chi connectivity index (χ1n) is 4.73. The highest BCUT2D eigenvalue weighted by Gasteiger charge is 2.10. The summed E-state index contributed by atoms with van der Waals surface area (Å²) in [5.74, 6) is -1.07. The first kappa shape index (κ1) is 12.5. The Hall–Kier alpha value is -0.610. The molecule has 0 bridgehead atoms. The highest BCUT2D eigenvalue weighted by molar-refractivity contribution is 7.98. The summed E-state index contributed by atoms with van der Waals surface area (Å²) in [6, 6.07) is 3.54. The van der Waals surface area contributed by atoms with E-state index in [1.807, 2.05) is 0 Å². The van der Waals surface area contributed by atoms with Gasteiger partial charge in [0, 0.05) is 17.4 Å². The Kier molecular flexibility index (Phi) is 4.11. The highest BCUT2D eigenvalue weighted by atomic mass is 32.2. The summed E-state index contributed by atoms with van der Waals surface area (Å²) in [5.41, 5.74) is 0.615. The Morgan fingerprint density at radius 3 is 2.13 bits per heavy atom. The minimum absolute atomic E-state index is 0.0892. The average Bonchev–Trinajstić information content (AvgIpc) is 1.99. The van der Waals surface area contributed by atoms with Gasteiger partial charge in [-0.25, -0.2) is 8.78 Å². The van der Waals surface area contributed by atoms with Crippen molar-refractivity contribution >= 4 is 11.9 Å². The summed E-state index contributed by atoms with van der Waals surface area (Å²) in [5, 5.41) is 0. The third kappa shape index (κ3) is 5.14. The molecule has 0 aliphatic rings. The second-order valence-electron chi connectivity index (χ2n) is 4.31. The van der Waals surface area contributed by atoms with E-state index in [1.165, 1.54) is 12.1 Å². The maximum absolute atomic E-state index is 12.8. The molecule has 1 N–H and O–H groups in total. The van der Waals surface area contributed by atoms with Crippen LogP contribution < -0.4 is 4.72 Å². The third-order valence-electron chi connectivity index (χ3n) is 1.58. The molecule has 0 aliphatic carbocycles. The second-order valence-corrected chi connectivity index (χ2v) is 6.03. The summed E-state index contributed by atoms with van der Waals surface area (Å²) >= 11 is 1.55. The van der Waals surface area contributed by atoms with Crippen molar-refractivity contribution in [3.63, 3.8) is 0 Å². The van der Waals surface area contributed by atoms with Crippen molar-refractivity contribution in [3.8, 4) is 0 Å². The zero-order valence-corrected chi connectivity index (χ0v) is 9.92. The number of halogens is 2. The van der Waals surface area contributed by atoms with Crippen LogP contribution in [0.3, 0.4) is 0 Å². The molecule has 0 unspecified atom stereocenters. The van der Waals surface area contributed by atoms with Crippen LogP contribution in [0.5, 0.6) is 0 Å². The molecule has 0 aromatic heterocycles. The largest absolute Gasteiger partial charge is 0.259 e. The van der Waals surface area contributed by atoms with E-state index in [2.05, 4.69) is 25.5 Å². The van der Waals surface area contributed by atoms with Crippen molar-refractivity contribution in [1.82, 2.24) is 4.72 Å². The van der Waals surface area contributed by atoms with Crippen LogP contribution >= 0.6 is 11.9 Å². The van der Waals surface area contributed by atoms with Crippen molar-refractivity contribution in [2.45, 2.75) is 32.1 Å². The van der Waals surface area contributed by atoms with E-state index in [-0.39, 0.29) is 4.75 Å². The lowest BCUT2D eigenvalue weighted by Crippen LogP contribution is -2.16. The van der Waals surface area contributed by atoms with Crippen molar-refractivity contribution in [2.24, 2.45) is 0 Å². The van der Waals surface area contributed by atoms with Crippen LogP contribution in [0.1, 0.15) is 26.3 Å². The quantitative estimate of drug-likeness (QED) is 0.799. The molecule has 0 radical (unpaired) electrons. The number of nitrogens with one attached hydrogen (secondary N) is 1. The van der Waals surface area contributed by atoms with Gasteiger partial charge in [0.05, 0.1) is 0 Å². The molecule has 15 heavy (non-hydrogen) atoms. The van der Waals surface area contributed by atoms with Gasteiger partial charge in [-0.15, -0.1) is 0 Å². The molecule has 0 saturated heterocycles. The third-order valence-corrected chi connectivity index (χ3v) is 2.48. The molecule has 0 spiro atoms. The van der Waals surface area contributed by atoms with Crippen LogP contribution in [0.25, 0.3) is 0 Å². The van der Waals surface area contributed by atoms with Crippen LogP contribution in [0.4, 0.5) is 8.78 Å². The standard InChI is InChI=1S/C11H15F2NS/c1-11(2,3)15-14-7-8-4-9(12)6-10(13)5-8/h4-6,14H,7H2,1-3H3. The molecule has 4 heteroatoms. The fourth-order valence-electron chi connectivity index (χ4n) is 1.05. The number of hydrogen-bond acceptors (Lipinski definition) is 2. The second kappa shape index (κ2) is 4.94. The molecule has 0 amide bonds. The maximum atomic E-state index is 12.8. The van der Waals surface area contributed by atoms with Gasteiger partial charge in [0.25, 0.3) is 0 Å². The van der Waals surface area contributed by atoms with E-state index in [0.29, 0.717) is 12.1 Å². The van der Waals surface area contributed by atoms with Gasteiger partial charge in [-0.3, -0.25) is 4.72 Å². The van der Waals surface area contributed by atoms with Crippen LogP contribution in [0, 0.1) is 11.6 Å². The lowest BCUT2D eigenvalue weighted by atomic mass is 10.2. The van der Waals surface area contributed by atoms with Gasteiger partial charge in [0.1, 0.15) is 11.6 Å². The smallest absolute Gasteiger partial charge is 0.126 e. The van der Waals surface area contributed by atoms with Gasteiger partial charge in [0.2, 0.25) is 0 Å². The van der Waals surface area contributed by atoms with Crippen LogP contribution in [-0.2, 0) is 6.54 Å². The summed E-state index contributed by atoms with van der Waals surface area (Å²) in [6.07, 6.45) is 0. The van der Waals surface area contributed by atoms with Gasteiger partial charge < -0.3 is 0 Å². The van der Waals surface area contributed by atoms with E-state index in [0.717, 1.165) is 6.07 Å². The molecule has 0 heterocycles. The van der Waals surface area contributed by atoms with Gasteiger partial charge in [0.15, 0.2) is 0 Å². The fourth-order valence-corrected chi connectivity index (χ4v) is 1.72. The SMILES string of the molecule is CC(C)(C)SNCc1cc(F)cc(F)c1. The van der Waals surface area contributed by atoms with Crippen molar-refractivity contribution in [1.29, 1.82) is 0 Å². The Morgan fingerprint density at radius 1 is 1.13 bits per heavy atom. The highest BCUT2D eigenvalue weighted by Crippen LogP contribution is 2.20. The molecule has 0 saturated carbocycles. The van der Waals surface area contributed by atoms with Gasteiger partial charge in [-0.2, -0.15) is 0 Å². The number of rotatable bonds is 3. The predicted octanol–water partition coefficient (Wildman–Crippen LogP) is 3.50. The number of benzene rings is 1. The number of hydrogen-bond donors (Lipinski definition) is 1. The molecular weight excluding hydrogens is 216 g/mol. The molecular formula is C11H15F2NS. The summed E-state index contributed by atoms with van der Waals surface area (Å²) in [4.78, 5) is 0.